The molecule has 0 aromatic heterocycles. The highest BCUT2D eigenvalue weighted by molar-refractivity contribution is 5.95. The molecular weight excluding hydrogens is 272 g/mol. The predicted molar refractivity (Wildman–Crippen MR) is 76.9 cm³/mol. The zero-order chi connectivity index (χ0) is 15.6. The molecule has 0 fully saturated rings. The van der Waals surface area contributed by atoms with Crippen LogP contribution in [0.5, 0.6) is 5.75 Å². The fourth-order valence-electron chi connectivity index (χ4n) is 2.39. The van der Waals surface area contributed by atoms with Crippen molar-refractivity contribution in [2.24, 2.45) is 0 Å². The second-order valence-corrected chi connectivity index (χ2v) is 4.81. The molecule has 0 saturated heterocycles. The second-order valence-electron chi connectivity index (χ2n) is 4.81. The van der Waals surface area contributed by atoms with Gasteiger partial charge in [0, 0.05) is 11.3 Å². The number of esters is 1. The van der Waals surface area contributed by atoms with Crippen LogP contribution in [-0.4, -0.2) is 26.2 Å². The van der Waals surface area contributed by atoms with E-state index in [4.69, 9.17) is 9.47 Å². The van der Waals surface area contributed by atoms with Crippen molar-refractivity contribution in [1.82, 2.24) is 10.6 Å². The number of hydrogen-bond acceptors (Lipinski definition) is 4. The van der Waals surface area contributed by atoms with Crippen LogP contribution in [0.25, 0.3) is 0 Å². The van der Waals surface area contributed by atoms with E-state index in [1.807, 2.05) is 25.1 Å². The van der Waals surface area contributed by atoms with Crippen molar-refractivity contribution in [3.05, 3.63) is 40.6 Å². The minimum absolute atomic E-state index is 0.362. The zero-order valence-corrected chi connectivity index (χ0v) is 12.4. The Kier molecular flexibility index (Phi) is 4.16. The van der Waals surface area contributed by atoms with Crippen molar-refractivity contribution in [2.75, 3.05) is 14.2 Å². The summed E-state index contributed by atoms with van der Waals surface area (Å²) in [6.07, 6.45) is 0. The van der Waals surface area contributed by atoms with Crippen molar-refractivity contribution >= 4 is 12.0 Å². The number of urea groups is 1. The molecule has 1 aromatic carbocycles. The van der Waals surface area contributed by atoms with E-state index in [0.29, 0.717) is 22.6 Å². The van der Waals surface area contributed by atoms with Crippen molar-refractivity contribution in [2.45, 2.75) is 19.9 Å². The van der Waals surface area contributed by atoms with E-state index in [0.717, 1.165) is 5.56 Å². The Morgan fingerprint density at radius 3 is 2.57 bits per heavy atom. The third-order valence-corrected chi connectivity index (χ3v) is 3.37. The van der Waals surface area contributed by atoms with E-state index in [1.54, 1.807) is 14.0 Å². The fourth-order valence-corrected chi connectivity index (χ4v) is 2.39. The Labute approximate surface area is 123 Å². The van der Waals surface area contributed by atoms with E-state index in [1.165, 1.54) is 7.11 Å². The lowest BCUT2D eigenvalue weighted by atomic mass is 9.93. The van der Waals surface area contributed by atoms with Gasteiger partial charge in [0.15, 0.2) is 0 Å². The van der Waals surface area contributed by atoms with Gasteiger partial charge in [-0.05, 0) is 26.0 Å². The van der Waals surface area contributed by atoms with Gasteiger partial charge >= 0.3 is 12.0 Å². The summed E-state index contributed by atoms with van der Waals surface area (Å²) in [5.74, 6) is 0.107. The fraction of sp³-hybridized carbons (Fsp3) is 0.333. The van der Waals surface area contributed by atoms with Gasteiger partial charge in [-0.3, -0.25) is 0 Å². The average Bonchev–Trinajstić information content (AvgIpc) is 2.45. The SMILES string of the molecule is COC(=O)C1=C(C)NC(=O)N[C@@H]1c1cc(C)ccc1OC. The first-order chi connectivity index (χ1) is 9.97. The molecule has 2 N–H and O–H groups in total. The number of amides is 2. The number of rotatable bonds is 3. The first-order valence-electron chi connectivity index (χ1n) is 6.49. The molecule has 112 valence electrons. The maximum atomic E-state index is 12.0. The third kappa shape index (κ3) is 2.84. The Bertz CT molecular complexity index is 622. The third-order valence-electron chi connectivity index (χ3n) is 3.37. The summed E-state index contributed by atoms with van der Waals surface area (Å²) in [7, 11) is 2.86. The van der Waals surface area contributed by atoms with Crippen LogP contribution in [0.1, 0.15) is 24.1 Å². The number of allylic oxidation sites excluding steroid dienone is 1. The van der Waals surface area contributed by atoms with Crippen LogP contribution < -0.4 is 15.4 Å². The van der Waals surface area contributed by atoms with Crippen molar-refractivity contribution in [3.63, 3.8) is 0 Å². The number of aryl methyl sites for hydroxylation is 1. The highest BCUT2D eigenvalue weighted by atomic mass is 16.5. The van der Waals surface area contributed by atoms with E-state index < -0.39 is 12.0 Å². The molecule has 1 heterocycles. The predicted octanol–water partition coefficient (Wildman–Crippen LogP) is 1.80. The van der Waals surface area contributed by atoms with Gasteiger partial charge in [0.05, 0.1) is 25.8 Å². The summed E-state index contributed by atoms with van der Waals surface area (Å²) in [6.45, 7) is 3.60. The van der Waals surface area contributed by atoms with Gasteiger partial charge < -0.3 is 20.1 Å². The van der Waals surface area contributed by atoms with Gasteiger partial charge in [0.2, 0.25) is 0 Å². The Morgan fingerprint density at radius 1 is 1.24 bits per heavy atom. The summed E-state index contributed by atoms with van der Waals surface area (Å²) in [5, 5.41) is 5.33. The summed E-state index contributed by atoms with van der Waals surface area (Å²) in [5.41, 5.74) is 2.55. The number of nitrogens with one attached hydrogen (secondary N) is 2. The van der Waals surface area contributed by atoms with E-state index in [-0.39, 0.29) is 6.03 Å². The van der Waals surface area contributed by atoms with Gasteiger partial charge in [-0.1, -0.05) is 11.6 Å². The number of methoxy groups -OCH3 is 2. The summed E-state index contributed by atoms with van der Waals surface area (Å²) >= 11 is 0. The molecule has 0 bridgehead atoms. The molecule has 0 radical (unpaired) electrons. The quantitative estimate of drug-likeness (QED) is 0.832. The molecule has 1 aromatic rings. The molecule has 6 heteroatoms. The maximum Gasteiger partial charge on any atom is 0.337 e. The molecule has 1 atom stereocenters. The van der Waals surface area contributed by atoms with Crippen LogP contribution in [0.2, 0.25) is 0 Å². The van der Waals surface area contributed by atoms with Crippen molar-refractivity contribution in [1.29, 1.82) is 0 Å². The molecular formula is C15H18N2O4. The maximum absolute atomic E-state index is 12.0. The first-order valence-corrected chi connectivity index (χ1v) is 6.49. The number of benzene rings is 1. The van der Waals surface area contributed by atoms with Crippen LogP contribution in [-0.2, 0) is 9.53 Å². The molecule has 1 aliphatic heterocycles. The van der Waals surface area contributed by atoms with E-state index in [2.05, 4.69) is 10.6 Å². The number of carbonyl (C=O) groups excluding carboxylic acids is 2. The largest absolute Gasteiger partial charge is 0.496 e. The smallest absolute Gasteiger partial charge is 0.337 e. The van der Waals surface area contributed by atoms with Gasteiger partial charge in [0.1, 0.15) is 5.75 Å². The number of ether oxygens (including phenoxy) is 2. The zero-order valence-electron chi connectivity index (χ0n) is 12.4. The Balaban J connectivity index is 2.59. The van der Waals surface area contributed by atoms with Gasteiger partial charge in [-0.2, -0.15) is 0 Å². The monoisotopic (exact) mass is 290 g/mol. The van der Waals surface area contributed by atoms with E-state index >= 15 is 0 Å². The molecule has 2 rings (SSSR count). The van der Waals surface area contributed by atoms with Crippen LogP contribution in [0.4, 0.5) is 4.79 Å². The van der Waals surface area contributed by atoms with Crippen LogP contribution in [0.3, 0.4) is 0 Å². The van der Waals surface area contributed by atoms with Crippen LogP contribution in [0.15, 0.2) is 29.5 Å². The normalized spacial score (nSPS) is 17.9. The topological polar surface area (TPSA) is 76.7 Å². The molecule has 21 heavy (non-hydrogen) atoms. The van der Waals surface area contributed by atoms with Crippen LogP contribution in [0, 0.1) is 6.92 Å². The minimum Gasteiger partial charge on any atom is -0.496 e. The van der Waals surface area contributed by atoms with Gasteiger partial charge in [-0.25, -0.2) is 9.59 Å². The van der Waals surface area contributed by atoms with Crippen molar-refractivity contribution < 1.29 is 19.1 Å². The lowest BCUT2D eigenvalue weighted by molar-refractivity contribution is -0.136. The summed E-state index contributed by atoms with van der Waals surface area (Å²) < 4.78 is 10.2. The molecule has 0 spiro atoms. The second kappa shape index (κ2) is 5.87. The van der Waals surface area contributed by atoms with Crippen molar-refractivity contribution in [3.8, 4) is 5.75 Å². The Morgan fingerprint density at radius 2 is 1.95 bits per heavy atom. The molecule has 2 amide bonds. The first kappa shape index (κ1) is 14.9. The lowest BCUT2D eigenvalue weighted by Crippen LogP contribution is -2.45. The van der Waals surface area contributed by atoms with E-state index in [9.17, 15) is 9.59 Å². The number of hydrogen-bond donors (Lipinski definition) is 2. The Hall–Kier alpha value is -2.50. The molecule has 0 unspecified atom stereocenters. The van der Waals surface area contributed by atoms with Gasteiger partial charge in [0.25, 0.3) is 0 Å². The summed E-state index contributed by atoms with van der Waals surface area (Å²) in [6, 6.07) is 4.61. The molecule has 0 aliphatic carbocycles. The average molecular weight is 290 g/mol. The number of carbonyl (C=O) groups is 2. The lowest BCUT2D eigenvalue weighted by Gasteiger charge is -2.29. The van der Waals surface area contributed by atoms with Crippen LogP contribution >= 0.6 is 0 Å². The summed E-state index contributed by atoms with van der Waals surface area (Å²) in [4.78, 5) is 23.8. The standard InChI is InChI=1S/C15H18N2O4/c1-8-5-6-11(20-3)10(7-8)13-12(14(18)21-4)9(2)16-15(19)17-13/h5-7,13H,1-4H3,(H2,16,17,19)/t13-/m1/s1. The van der Waals surface area contributed by atoms with Gasteiger partial charge in [-0.15, -0.1) is 0 Å². The molecule has 6 nitrogen and oxygen atoms in total. The minimum atomic E-state index is -0.610. The molecule has 1 aliphatic rings. The highest BCUT2D eigenvalue weighted by Crippen LogP contribution is 2.34. The highest BCUT2D eigenvalue weighted by Gasteiger charge is 2.33. The molecule has 0 saturated carbocycles.